The van der Waals surface area contributed by atoms with Crippen molar-refractivity contribution in [3.63, 3.8) is 0 Å². The van der Waals surface area contributed by atoms with Crippen LogP contribution in [0.1, 0.15) is 60.3 Å². The number of carbonyl (C=O) groups excluding carboxylic acids is 1. The van der Waals surface area contributed by atoms with Crippen molar-refractivity contribution in [2.75, 3.05) is 26.7 Å². The summed E-state index contributed by atoms with van der Waals surface area (Å²) < 4.78 is 92.6. The number of amides is 1. The van der Waals surface area contributed by atoms with E-state index in [1.54, 1.807) is 7.05 Å². The van der Waals surface area contributed by atoms with E-state index in [4.69, 9.17) is 0 Å². The van der Waals surface area contributed by atoms with Crippen LogP contribution in [0.3, 0.4) is 0 Å². The highest BCUT2D eigenvalue weighted by molar-refractivity contribution is 5.83. The summed E-state index contributed by atoms with van der Waals surface area (Å²) in [6.45, 7) is 1.56. The van der Waals surface area contributed by atoms with Crippen LogP contribution < -0.4 is 10.6 Å². The molecule has 4 rings (SSSR count). The van der Waals surface area contributed by atoms with Gasteiger partial charge in [0.1, 0.15) is 5.82 Å². The Kier molecular flexibility index (Phi) is 8.61. The van der Waals surface area contributed by atoms with Crippen molar-refractivity contribution >= 4 is 5.91 Å². The van der Waals surface area contributed by atoms with Gasteiger partial charge in [0, 0.05) is 19.1 Å². The summed E-state index contributed by atoms with van der Waals surface area (Å²) in [5.74, 6) is -0.315. The molecule has 1 amide bonds. The largest absolute Gasteiger partial charge is 0.416 e. The number of alkyl halides is 6. The highest BCUT2D eigenvalue weighted by Gasteiger charge is 2.46. The van der Waals surface area contributed by atoms with Crippen LogP contribution in [0.5, 0.6) is 0 Å². The van der Waals surface area contributed by atoms with Crippen molar-refractivity contribution < 1.29 is 35.5 Å². The number of likely N-dealkylation sites (tertiary alicyclic amines) is 1. The molecular weight excluding hydrogens is 527 g/mol. The summed E-state index contributed by atoms with van der Waals surface area (Å²) in [7, 11) is 1.71. The first-order valence-corrected chi connectivity index (χ1v) is 13.0. The van der Waals surface area contributed by atoms with Gasteiger partial charge in [-0.2, -0.15) is 26.3 Å². The standard InChI is InChI=1S/C28H32F7N3O/c1-36-17-26(25(39)37-16-18-12-21(27(30,31)32)14-22(13-18)28(33,34)35)9-6-24(15-26)38-10-7-20(8-11-38)19-2-4-23(29)5-3-19/h2-5,12-14,20,24,36H,6-11,15-17H2,1H3,(H,37,39). The molecule has 11 heteroatoms. The maximum atomic E-state index is 13.3. The van der Waals surface area contributed by atoms with Crippen LogP contribution in [0.2, 0.25) is 0 Å². The third kappa shape index (κ3) is 6.92. The Balaban J connectivity index is 1.40. The van der Waals surface area contributed by atoms with Crippen molar-refractivity contribution in [2.45, 2.75) is 63.0 Å². The molecule has 1 heterocycles. The lowest BCUT2D eigenvalue weighted by Gasteiger charge is -2.37. The van der Waals surface area contributed by atoms with Crippen LogP contribution in [-0.2, 0) is 23.7 Å². The fraction of sp³-hybridized carbons (Fsp3) is 0.536. The third-order valence-corrected chi connectivity index (χ3v) is 8.07. The van der Waals surface area contributed by atoms with Crippen molar-refractivity contribution in [3.8, 4) is 0 Å². The highest BCUT2D eigenvalue weighted by atomic mass is 19.4. The molecule has 2 aliphatic rings. The van der Waals surface area contributed by atoms with Crippen LogP contribution in [-0.4, -0.2) is 43.5 Å². The molecule has 2 unspecified atom stereocenters. The quantitative estimate of drug-likeness (QED) is 0.402. The summed E-state index contributed by atoms with van der Waals surface area (Å²) in [5, 5.41) is 5.65. The minimum atomic E-state index is -4.95. The van der Waals surface area contributed by atoms with Gasteiger partial charge in [-0.1, -0.05) is 12.1 Å². The third-order valence-electron chi connectivity index (χ3n) is 8.07. The molecule has 2 aromatic rings. The molecule has 1 aliphatic carbocycles. The van der Waals surface area contributed by atoms with E-state index in [1.165, 1.54) is 12.1 Å². The number of benzene rings is 2. The molecule has 0 bridgehead atoms. The molecule has 2 fully saturated rings. The highest BCUT2D eigenvalue weighted by Crippen LogP contribution is 2.42. The fourth-order valence-corrected chi connectivity index (χ4v) is 6.02. The van der Waals surface area contributed by atoms with Crippen molar-refractivity contribution in [3.05, 3.63) is 70.5 Å². The Morgan fingerprint density at radius 3 is 2.08 bits per heavy atom. The van der Waals surface area contributed by atoms with Gasteiger partial charge in [-0.25, -0.2) is 4.39 Å². The second kappa shape index (κ2) is 11.4. The van der Waals surface area contributed by atoms with E-state index < -0.39 is 35.4 Å². The zero-order valence-electron chi connectivity index (χ0n) is 21.6. The van der Waals surface area contributed by atoms with Gasteiger partial charge in [0.25, 0.3) is 0 Å². The summed E-state index contributed by atoms with van der Waals surface area (Å²) in [6.07, 6.45) is -6.23. The maximum absolute atomic E-state index is 13.3. The van der Waals surface area contributed by atoms with Gasteiger partial charge in [-0.05, 0) is 99.6 Å². The maximum Gasteiger partial charge on any atom is 0.416 e. The number of hydrogen-bond donors (Lipinski definition) is 2. The summed E-state index contributed by atoms with van der Waals surface area (Å²) in [5.41, 5.74) is -2.79. The van der Waals surface area contributed by atoms with Gasteiger partial charge in [-0.3, -0.25) is 4.79 Å². The van der Waals surface area contributed by atoms with Gasteiger partial charge < -0.3 is 15.5 Å². The zero-order chi connectivity index (χ0) is 28.4. The number of halogens is 7. The van der Waals surface area contributed by atoms with E-state index >= 15 is 0 Å². The van der Waals surface area contributed by atoms with Gasteiger partial charge >= 0.3 is 12.4 Å². The van der Waals surface area contributed by atoms with Gasteiger partial charge in [0.15, 0.2) is 0 Å². The monoisotopic (exact) mass is 559 g/mol. The van der Waals surface area contributed by atoms with Gasteiger partial charge in [0.05, 0.1) is 16.5 Å². The normalized spacial score (nSPS) is 23.2. The number of piperidine rings is 1. The lowest BCUT2D eigenvalue weighted by molar-refractivity contribution is -0.143. The lowest BCUT2D eigenvalue weighted by atomic mass is 9.84. The molecule has 2 aromatic carbocycles. The summed E-state index contributed by atoms with van der Waals surface area (Å²) in [6, 6.07) is 8.06. The molecular formula is C28H32F7N3O. The average Bonchev–Trinajstić information content (AvgIpc) is 3.32. The van der Waals surface area contributed by atoms with E-state index in [1.807, 2.05) is 12.1 Å². The van der Waals surface area contributed by atoms with Crippen molar-refractivity contribution in [1.29, 1.82) is 0 Å². The first kappa shape index (κ1) is 29.3. The molecule has 0 aromatic heterocycles. The lowest BCUT2D eigenvalue weighted by Crippen LogP contribution is -2.47. The van der Waals surface area contributed by atoms with Crippen LogP contribution in [0, 0.1) is 11.2 Å². The summed E-state index contributed by atoms with van der Waals surface area (Å²) >= 11 is 0. The topological polar surface area (TPSA) is 44.4 Å². The second-order valence-electron chi connectivity index (χ2n) is 10.7. The predicted molar refractivity (Wildman–Crippen MR) is 132 cm³/mol. The van der Waals surface area contributed by atoms with Crippen molar-refractivity contribution in [1.82, 2.24) is 15.5 Å². The van der Waals surface area contributed by atoms with E-state index in [0.717, 1.165) is 37.9 Å². The number of nitrogens with zero attached hydrogens (tertiary/aromatic N) is 1. The molecule has 1 saturated carbocycles. The minimum absolute atomic E-state index is 0.0780. The molecule has 0 radical (unpaired) electrons. The zero-order valence-corrected chi connectivity index (χ0v) is 21.6. The average molecular weight is 560 g/mol. The molecule has 2 atom stereocenters. The van der Waals surface area contributed by atoms with Crippen LogP contribution in [0.25, 0.3) is 0 Å². The number of carbonyl (C=O) groups is 1. The van der Waals surface area contributed by atoms with Gasteiger partial charge in [-0.15, -0.1) is 0 Å². The number of nitrogens with one attached hydrogen (secondary N) is 2. The van der Waals surface area contributed by atoms with Gasteiger partial charge in [0.2, 0.25) is 5.91 Å². The smallest absolute Gasteiger partial charge is 0.352 e. The van der Waals surface area contributed by atoms with Crippen LogP contribution in [0.15, 0.2) is 42.5 Å². The Hall–Kier alpha value is -2.66. The first-order chi connectivity index (χ1) is 18.3. The Morgan fingerprint density at radius 1 is 0.949 bits per heavy atom. The Bertz CT molecular complexity index is 1110. The van der Waals surface area contributed by atoms with E-state index in [2.05, 4.69) is 15.5 Å². The minimum Gasteiger partial charge on any atom is -0.352 e. The second-order valence-corrected chi connectivity index (χ2v) is 10.7. The molecule has 1 aliphatic heterocycles. The Labute approximate surface area is 222 Å². The number of hydrogen-bond acceptors (Lipinski definition) is 3. The van der Waals surface area contributed by atoms with Crippen LogP contribution >= 0.6 is 0 Å². The molecule has 1 saturated heterocycles. The van der Waals surface area contributed by atoms with Crippen molar-refractivity contribution in [2.24, 2.45) is 5.41 Å². The van der Waals surface area contributed by atoms with E-state index in [0.29, 0.717) is 37.4 Å². The van der Waals surface area contributed by atoms with E-state index in [-0.39, 0.29) is 29.4 Å². The van der Waals surface area contributed by atoms with Crippen LogP contribution in [0.4, 0.5) is 30.7 Å². The fourth-order valence-electron chi connectivity index (χ4n) is 6.02. The summed E-state index contributed by atoms with van der Waals surface area (Å²) in [4.78, 5) is 15.7. The molecule has 39 heavy (non-hydrogen) atoms. The SMILES string of the molecule is CNCC1(C(=O)NCc2cc(C(F)(F)F)cc(C(F)(F)F)c2)CCC(N2CCC(c3ccc(F)cc3)CC2)C1. The van der Waals surface area contributed by atoms with E-state index in [9.17, 15) is 35.5 Å². The first-order valence-electron chi connectivity index (χ1n) is 13.0. The molecule has 0 spiro atoms. The molecule has 2 N–H and O–H groups in total. The predicted octanol–water partition coefficient (Wildman–Crippen LogP) is 6.12. The molecule has 214 valence electrons. The molecule has 4 nitrogen and oxygen atoms in total. The Morgan fingerprint density at radius 2 is 1.54 bits per heavy atom. The number of rotatable bonds is 7.